The maximum atomic E-state index is 12.4. The summed E-state index contributed by atoms with van der Waals surface area (Å²) >= 11 is -3.22. The maximum absolute atomic E-state index is 12.4. The van der Waals surface area contributed by atoms with Crippen LogP contribution in [0, 0.1) is 0 Å². The lowest BCUT2D eigenvalue weighted by Crippen LogP contribution is -2.38. The van der Waals surface area contributed by atoms with Gasteiger partial charge in [-0.15, -0.1) is 0 Å². The molecule has 1 N–H and O–H groups in total. The number of methoxy groups -OCH3 is 2. The number of carbonyl (C=O) groups excluding carboxylic acids is 1. The summed E-state index contributed by atoms with van der Waals surface area (Å²) in [4.78, 5) is 23.6. The van der Waals surface area contributed by atoms with E-state index in [9.17, 15) is 26.7 Å². The topological polar surface area (TPSA) is 139 Å². The molecule has 29 heavy (non-hydrogen) atoms. The van der Waals surface area contributed by atoms with E-state index < -0.39 is 47.6 Å². The molecule has 2 aromatic rings. The molecule has 0 aromatic carbocycles. The van der Waals surface area contributed by atoms with Crippen LogP contribution in [-0.2, 0) is 11.3 Å². The summed E-state index contributed by atoms with van der Waals surface area (Å²) in [6, 6.07) is 2.26. The largest absolute Gasteiger partial charge is 0.755 e. The SMILES string of the molecule is COc1cc(OC)nc(N(C(=O)Nc2ncccc2OCC(F)(F)F)S(=O)[O-])n1. The lowest BCUT2D eigenvalue weighted by molar-refractivity contribution is -0.153. The Kier molecular flexibility index (Phi) is 7.11. The molecule has 0 spiro atoms. The third-order valence-corrected chi connectivity index (χ3v) is 3.62. The van der Waals surface area contributed by atoms with Crippen LogP contribution in [0.2, 0.25) is 0 Å². The summed E-state index contributed by atoms with van der Waals surface area (Å²) < 4.78 is 74.7. The van der Waals surface area contributed by atoms with Crippen LogP contribution in [0.25, 0.3) is 0 Å². The van der Waals surface area contributed by atoms with Crippen molar-refractivity contribution in [2.45, 2.75) is 6.18 Å². The van der Waals surface area contributed by atoms with Crippen LogP contribution in [-0.4, -0.2) is 56.7 Å². The average molecular weight is 436 g/mol. The van der Waals surface area contributed by atoms with Gasteiger partial charge in [-0.1, -0.05) is 0 Å². The Bertz CT molecular complexity index is 878. The average Bonchev–Trinajstić information content (AvgIpc) is 2.66. The predicted molar refractivity (Wildman–Crippen MR) is 91.3 cm³/mol. The van der Waals surface area contributed by atoms with Gasteiger partial charge in [0.25, 0.3) is 5.95 Å². The van der Waals surface area contributed by atoms with Gasteiger partial charge in [0, 0.05) is 6.20 Å². The molecule has 0 aliphatic heterocycles. The van der Waals surface area contributed by atoms with E-state index in [1.165, 1.54) is 26.4 Å². The molecule has 158 valence electrons. The number of rotatable bonds is 7. The molecule has 1 unspecified atom stereocenters. The predicted octanol–water partition coefficient (Wildman–Crippen LogP) is 1.66. The molecular weight excluding hydrogens is 423 g/mol. The van der Waals surface area contributed by atoms with Gasteiger partial charge in [0.2, 0.25) is 11.8 Å². The number of anilines is 2. The smallest absolute Gasteiger partial charge is 0.422 e. The number of carbonyl (C=O) groups is 1. The van der Waals surface area contributed by atoms with E-state index in [1.807, 2.05) is 5.32 Å². The van der Waals surface area contributed by atoms with Crippen LogP contribution in [0.15, 0.2) is 24.4 Å². The van der Waals surface area contributed by atoms with Gasteiger partial charge in [-0.2, -0.15) is 27.4 Å². The summed E-state index contributed by atoms with van der Waals surface area (Å²) in [5, 5.41) is 2.03. The lowest BCUT2D eigenvalue weighted by Gasteiger charge is -2.23. The number of ether oxygens (including phenoxy) is 3. The van der Waals surface area contributed by atoms with Gasteiger partial charge < -0.3 is 18.8 Å². The minimum absolute atomic E-state index is 0.0905. The molecule has 0 fully saturated rings. The van der Waals surface area contributed by atoms with Gasteiger partial charge in [0.05, 0.1) is 31.6 Å². The first kappa shape index (κ1) is 22.1. The Hall–Kier alpha value is -3.20. The Morgan fingerprint density at radius 2 is 1.90 bits per heavy atom. The van der Waals surface area contributed by atoms with Crippen molar-refractivity contribution in [1.82, 2.24) is 15.0 Å². The van der Waals surface area contributed by atoms with Crippen LogP contribution in [0.3, 0.4) is 0 Å². The summed E-state index contributed by atoms with van der Waals surface area (Å²) in [6.45, 7) is -1.64. The molecule has 0 saturated heterocycles. The summed E-state index contributed by atoms with van der Waals surface area (Å²) in [5.41, 5.74) is 0. The van der Waals surface area contributed by atoms with Crippen molar-refractivity contribution in [2.75, 3.05) is 30.4 Å². The second-order valence-corrected chi connectivity index (χ2v) is 5.75. The normalized spacial score (nSPS) is 12.1. The van der Waals surface area contributed by atoms with Gasteiger partial charge in [-0.3, -0.25) is 9.53 Å². The van der Waals surface area contributed by atoms with Gasteiger partial charge in [0.15, 0.2) is 18.2 Å². The van der Waals surface area contributed by atoms with Crippen LogP contribution in [0.5, 0.6) is 17.5 Å². The Balaban J connectivity index is 2.31. The van der Waals surface area contributed by atoms with E-state index in [0.717, 1.165) is 12.3 Å². The first-order valence-corrected chi connectivity index (χ1v) is 8.50. The highest BCUT2D eigenvalue weighted by atomic mass is 32.2. The van der Waals surface area contributed by atoms with Gasteiger partial charge in [-0.05, 0) is 12.1 Å². The number of amides is 2. The monoisotopic (exact) mass is 436 g/mol. The molecule has 2 aromatic heterocycles. The number of hydrogen-bond acceptors (Lipinski definition) is 9. The van der Waals surface area contributed by atoms with Crippen LogP contribution < -0.4 is 23.8 Å². The van der Waals surface area contributed by atoms with E-state index in [1.54, 1.807) is 0 Å². The zero-order valence-electron chi connectivity index (χ0n) is 14.8. The highest BCUT2D eigenvalue weighted by Gasteiger charge is 2.29. The zero-order chi connectivity index (χ0) is 21.6. The van der Waals surface area contributed by atoms with Crippen molar-refractivity contribution in [1.29, 1.82) is 0 Å². The molecule has 0 bridgehead atoms. The zero-order valence-corrected chi connectivity index (χ0v) is 15.6. The number of alkyl halides is 3. The molecule has 0 aliphatic carbocycles. The summed E-state index contributed by atoms with van der Waals surface area (Å²) in [6.07, 6.45) is -3.48. The molecule has 0 radical (unpaired) electrons. The third-order valence-electron chi connectivity index (χ3n) is 2.99. The van der Waals surface area contributed by atoms with Crippen molar-refractivity contribution in [3.05, 3.63) is 24.4 Å². The molecule has 0 aliphatic rings. The molecule has 1 atom stereocenters. The van der Waals surface area contributed by atoms with Gasteiger partial charge >= 0.3 is 12.2 Å². The second kappa shape index (κ2) is 9.33. The van der Waals surface area contributed by atoms with Crippen molar-refractivity contribution in [3.8, 4) is 17.5 Å². The first-order valence-electron chi connectivity index (χ1n) is 7.46. The fourth-order valence-electron chi connectivity index (χ4n) is 1.83. The number of nitrogens with zero attached hydrogens (tertiary/aromatic N) is 4. The number of pyridine rings is 1. The molecule has 2 heterocycles. The highest BCUT2D eigenvalue weighted by Crippen LogP contribution is 2.26. The highest BCUT2D eigenvalue weighted by molar-refractivity contribution is 7.81. The van der Waals surface area contributed by atoms with Crippen molar-refractivity contribution in [3.63, 3.8) is 0 Å². The molecule has 0 saturated carbocycles. The van der Waals surface area contributed by atoms with Crippen molar-refractivity contribution >= 4 is 29.1 Å². The summed E-state index contributed by atoms with van der Waals surface area (Å²) in [5.74, 6) is -1.74. The molecule has 2 amide bonds. The van der Waals surface area contributed by atoms with Crippen LogP contribution >= 0.6 is 0 Å². The number of urea groups is 1. The molecule has 15 heteroatoms. The number of hydrogen-bond donors (Lipinski definition) is 1. The van der Waals surface area contributed by atoms with Gasteiger partial charge in [0.1, 0.15) is 0 Å². The number of nitrogens with one attached hydrogen (secondary N) is 1. The number of halogens is 3. The van der Waals surface area contributed by atoms with Crippen LogP contribution in [0.1, 0.15) is 0 Å². The van der Waals surface area contributed by atoms with E-state index in [0.29, 0.717) is 0 Å². The summed E-state index contributed by atoms with van der Waals surface area (Å²) in [7, 11) is 2.48. The minimum atomic E-state index is -4.63. The van der Waals surface area contributed by atoms with Crippen molar-refractivity contribution in [2.24, 2.45) is 0 Å². The molecular formula is C14H13F3N5O6S-. The Morgan fingerprint density at radius 3 is 2.41 bits per heavy atom. The fourth-order valence-corrected chi connectivity index (χ4v) is 2.23. The Labute approximate surface area is 164 Å². The quantitative estimate of drug-likeness (QED) is 0.642. The van der Waals surface area contributed by atoms with E-state index in [2.05, 4.69) is 19.7 Å². The minimum Gasteiger partial charge on any atom is -0.755 e. The van der Waals surface area contributed by atoms with Gasteiger partial charge in [-0.25, -0.2) is 9.78 Å². The first-order chi connectivity index (χ1) is 13.6. The van der Waals surface area contributed by atoms with Crippen LogP contribution in [0.4, 0.5) is 29.7 Å². The van der Waals surface area contributed by atoms with E-state index >= 15 is 0 Å². The van der Waals surface area contributed by atoms with Crippen molar-refractivity contribution < 1.29 is 40.9 Å². The lowest BCUT2D eigenvalue weighted by atomic mass is 10.4. The Morgan fingerprint density at radius 1 is 1.28 bits per heavy atom. The van der Waals surface area contributed by atoms with E-state index in [-0.39, 0.29) is 16.1 Å². The third kappa shape index (κ3) is 6.15. The maximum Gasteiger partial charge on any atom is 0.422 e. The molecule has 2 rings (SSSR count). The van der Waals surface area contributed by atoms with E-state index in [4.69, 9.17) is 9.47 Å². The fraction of sp³-hybridized carbons (Fsp3) is 0.286. The number of aromatic nitrogens is 3. The molecule has 11 nitrogen and oxygen atoms in total. The standard InChI is InChI=1S/C14H14F3N5O6S/c1-26-9-6-10(27-2)20-12(19-9)22(29(24)25)13(23)21-11-8(4-3-5-18-11)28-7-14(15,16)17/h3-6H,7H2,1-2H3,(H,24,25)(H,18,21,23)/p-1. The second-order valence-electron chi connectivity index (χ2n) is 4.95.